The number of amides is 1. The van der Waals surface area contributed by atoms with Crippen LogP contribution >= 0.6 is 11.3 Å². The topological polar surface area (TPSA) is 59.1 Å². The minimum Gasteiger partial charge on any atom is -0.298 e. The van der Waals surface area contributed by atoms with Crippen LogP contribution in [0.1, 0.15) is 42.6 Å². The van der Waals surface area contributed by atoms with Gasteiger partial charge in [0, 0.05) is 12.0 Å². The molecular weight excluding hydrogens is 248 g/mol. The molecule has 0 bridgehead atoms. The van der Waals surface area contributed by atoms with Crippen LogP contribution in [0.25, 0.3) is 0 Å². The van der Waals surface area contributed by atoms with Crippen molar-refractivity contribution >= 4 is 28.2 Å². The average molecular weight is 264 g/mol. The summed E-state index contributed by atoms with van der Waals surface area (Å²) in [6.07, 6.45) is 1.31. The summed E-state index contributed by atoms with van der Waals surface area (Å²) in [5.41, 5.74) is 1.18. The lowest BCUT2D eigenvalue weighted by atomic mass is 9.78. The molecule has 5 heteroatoms. The first-order chi connectivity index (χ1) is 8.28. The minimum absolute atomic E-state index is 0.0478. The standard InChI is InChI=1S/C13H16N2O2S/c1-7(2)11(17)15-12-14-8-5-13(3,4)6-9(16)10(8)18-12/h1,5-6H2,2-4H3,(H,14,15,17). The second-order valence-electron chi connectivity index (χ2n) is 5.47. The number of carbonyl (C=O) groups is 2. The van der Waals surface area contributed by atoms with Gasteiger partial charge >= 0.3 is 0 Å². The van der Waals surface area contributed by atoms with E-state index in [1.54, 1.807) is 6.92 Å². The van der Waals surface area contributed by atoms with Crippen molar-refractivity contribution in [3.05, 3.63) is 22.7 Å². The van der Waals surface area contributed by atoms with Crippen LogP contribution in [-0.2, 0) is 11.2 Å². The van der Waals surface area contributed by atoms with Crippen molar-refractivity contribution in [2.45, 2.75) is 33.6 Å². The molecule has 0 atom stereocenters. The number of carbonyl (C=O) groups excluding carboxylic acids is 2. The van der Waals surface area contributed by atoms with Crippen LogP contribution in [0.3, 0.4) is 0 Å². The minimum atomic E-state index is -0.257. The summed E-state index contributed by atoms with van der Waals surface area (Å²) in [6, 6.07) is 0. The van der Waals surface area contributed by atoms with Crippen LogP contribution in [0.5, 0.6) is 0 Å². The number of nitrogens with zero attached hydrogens (tertiary/aromatic N) is 1. The first-order valence-corrected chi connectivity index (χ1v) is 6.60. The van der Waals surface area contributed by atoms with Gasteiger partial charge in [-0.15, -0.1) is 0 Å². The van der Waals surface area contributed by atoms with E-state index in [9.17, 15) is 9.59 Å². The van der Waals surface area contributed by atoms with Crippen LogP contribution in [0.15, 0.2) is 12.2 Å². The fraction of sp³-hybridized carbons (Fsp3) is 0.462. The zero-order valence-corrected chi connectivity index (χ0v) is 11.6. The molecule has 0 saturated carbocycles. The number of aromatic nitrogens is 1. The fourth-order valence-electron chi connectivity index (χ4n) is 1.98. The zero-order valence-electron chi connectivity index (χ0n) is 10.8. The Morgan fingerprint density at radius 2 is 2.11 bits per heavy atom. The second-order valence-corrected chi connectivity index (χ2v) is 6.47. The van der Waals surface area contributed by atoms with Gasteiger partial charge in [-0.3, -0.25) is 14.9 Å². The van der Waals surface area contributed by atoms with Gasteiger partial charge in [0.1, 0.15) is 0 Å². The van der Waals surface area contributed by atoms with Crippen LogP contribution in [0.4, 0.5) is 5.13 Å². The Morgan fingerprint density at radius 3 is 2.72 bits per heavy atom. The molecule has 0 aliphatic heterocycles. The normalized spacial score (nSPS) is 17.2. The lowest BCUT2D eigenvalue weighted by molar-refractivity contribution is -0.112. The number of nitrogens with one attached hydrogen (secondary N) is 1. The molecule has 1 N–H and O–H groups in total. The largest absolute Gasteiger partial charge is 0.298 e. The lowest BCUT2D eigenvalue weighted by Gasteiger charge is -2.26. The van der Waals surface area contributed by atoms with Crippen molar-refractivity contribution < 1.29 is 9.59 Å². The highest BCUT2D eigenvalue weighted by Crippen LogP contribution is 2.38. The molecule has 0 radical (unpaired) electrons. The van der Waals surface area contributed by atoms with Crippen molar-refractivity contribution in [1.29, 1.82) is 0 Å². The van der Waals surface area contributed by atoms with Crippen molar-refractivity contribution in [2.75, 3.05) is 5.32 Å². The Hall–Kier alpha value is -1.49. The molecule has 2 rings (SSSR count). The molecule has 96 valence electrons. The van der Waals surface area contributed by atoms with E-state index < -0.39 is 0 Å². The summed E-state index contributed by atoms with van der Waals surface area (Å²) in [6.45, 7) is 9.31. The average Bonchev–Trinajstić information content (AvgIpc) is 2.58. The number of fused-ring (bicyclic) bond motifs is 1. The Balaban J connectivity index is 2.27. The van der Waals surface area contributed by atoms with Gasteiger partial charge in [0.15, 0.2) is 10.9 Å². The maximum absolute atomic E-state index is 12.0. The molecule has 0 spiro atoms. The Bertz CT molecular complexity index is 543. The molecule has 1 aromatic rings. The number of ketones is 1. The monoisotopic (exact) mass is 264 g/mol. The van der Waals surface area contributed by atoms with E-state index in [1.807, 2.05) is 0 Å². The van der Waals surface area contributed by atoms with Crippen molar-refractivity contribution in [1.82, 2.24) is 4.98 Å². The van der Waals surface area contributed by atoms with E-state index >= 15 is 0 Å². The first-order valence-electron chi connectivity index (χ1n) is 5.78. The third-order valence-electron chi connectivity index (χ3n) is 2.84. The maximum Gasteiger partial charge on any atom is 0.252 e. The highest BCUT2D eigenvalue weighted by atomic mass is 32.1. The third kappa shape index (κ3) is 2.51. The van der Waals surface area contributed by atoms with Crippen LogP contribution in [0.2, 0.25) is 0 Å². The Kier molecular flexibility index (Phi) is 3.11. The van der Waals surface area contributed by atoms with Crippen molar-refractivity contribution in [3.63, 3.8) is 0 Å². The fourth-order valence-corrected chi connectivity index (χ4v) is 2.89. The van der Waals surface area contributed by atoms with E-state index in [2.05, 4.69) is 30.7 Å². The van der Waals surface area contributed by atoms with Gasteiger partial charge in [-0.25, -0.2) is 4.98 Å². The van der Waals surface area contributed by atoms with E-state index in [0.717, 1.165) is 12.1 Å². The van der Waals surface area contributed by atoms with E-state index in [-0.39, 0.29) is 17.1 Å². The molecule has 18 heavy (non-hydrogen) atoms. The van der Waals surface area contributed by atoms with E-state index in [1.165, 1.54) is 11.3 Å². The molecule has 0 saturated heterocycles. The van der Waals surface area contributed by atoms with Gasteiger partial charge in [-0.2, -0.15) is 0 Å². The van der Waals surface area contributed by atoms with Gasteiger partial charge in [-0.1, -0.05) is 31.8 Å². The molecule has 0 fully saturated rings. The number of hydrogen-bond donors (Lipinski definition) is 1. The summed E-state index contributed by atoms with van der Waals surface area (Å²) >= 11 is 1.26. The third-order valence-corrected chi connectivity index (χ3v) is 3.90. The van der Waals surface area contributed by atoms with Crippen molar-refractivity contribution in [3.8, 4) is 0 Å². The number of hydrogen-bond acceptors (Lipinski definition) is 4. The Morgan fingerprint density at radius 1 is 1.44 bits per heavy atom. The summed E-state index contributed by atoms with van der Waals surface area (Å²) in [5.74, 6) is -0.137. The predicted molar refractivity (Wildman–Crippen MR) is 72.0 cm³/mol. The molecule has 1 aliphatic carbocycles. The molecular formula is C13H16N2O2S. The summed E-state index contributed by atoms with van der Waals surface area (Å²) in [5, 5.41) is 3.15. The smallest absolute Gasteiger partial charge is 0.252 e. The Labute approximate surface area is 110 Å². The quantitative estimate of drug-likeness (QED) is 0.836. The van der Waals surface area contributed by atoms with Crippen LogP contribution in [0, 0.1) is 5.41 Å². The zero-order chi connectivity index (χ0) is 13.5. The molecule has 0 aromatic carbocycles. The van der Waals surface area contributed by atoms with Crippen LogP contribution in [-0.4, -0.2) is 16.7 Å². The van der Waals surface area contributed by atoms with Crippen molar-refractivity contribution in [2.24, 2.45) is 5.41 Å². The SMILES string of the molecule is C=C(C)C(=O)Nc1nc2c(s1)C(=O)CC(C)(C)C2. The van der Waals surface area contributed by atoms with Gasteiger partial charge in [0.2, 0.25) is 0 Å². The number of Topliss-reactive ketones (excluding diaryl/α,β-unsaturated/α-hetero) is 1. The molecule has 1 aliphatic rings. The number of anilines is 1. The summed E-state index contributed by atoms with van der Waals surface area (Å²) < 4.78 is 0. The van der Waals surface area contributed by atoms with Gasteiger partial charge in [-0.05, 0) is 18.8 Å². The highest BCUT2D eigenvalue weighted by Gasteiger charge is 2.34. The van der Waals surface area contributed by atoms with Gasteiger partial charge in [0.25, 0.3) is 5.91 Å². The van der Waals surface area contributed by atoms with E-state index in [4.69, 9.17) is 0 Å². The summed E-state index contributed by atoms with van der Waals surface area (Å²) in [7, 11) is 0. The number of rotatable bonds is 2. The summed E-state index contributed by atoms with van der Waals surface area (Å²) in [4.78, 5) is 28.5. The maximum atomic E-state index is 12.0. The number of thiazole rings is 1. The van der Waals surface area contributed by atoms with Gasteiger partial charge < -0.3 is 0 Å². The molecule has 1 aromatic heterocycles. The predicted octanol–water partition coefficient (Wildman–Crippen LogP) is 2.81. The van der Waals surface area contributed by atoms with E-state index in [0.29, 0.717) is 22.0 Å². The second kappa shape index (κ2) is 4.31. The first kappa shape index (κ1) is 13.0. The van der Waals surface area contributed by atoms with Crippen LogP contribution < -0.4 is 5.32 Å². The molecule has 1 heterocycles. The lowest BCUT2D eigenvalue weighted by Crippen LogP contribution is -2.26. The molecule has 4 nitrogen and oxygen atoms in total. The molecule has 1 amide bonds. The molecule has 0 unspecified atom stereocenters. The van der Waals surface area contributed by atoms with Gasteiger partial charge in [0.05, 0.1) is 10.6 Å². The highest BCUT2D eigenvalue weighted by molar-refractivity contribution is 7.17.